The third-order valence-corrected chi connectivity index (χ3v) is 2.98. The van der Waals surface area contributed by atoms with E-state index in [4.69, 9.17) is 5.73 Å². The van der Waals surface area contributed by atoms with Crippen molar-refractivity contribution in [2.45, 2.75) is 10.6 Å². The van der Waals surface area contributed by atoms with Crippen LogP contribution >= 0.6 is 11.8 Å². The zero-order valence-electron chi connectivity index (χ0n) is 8.13. The van der Waals surface area contributed by atoms with Crippen LogP contribution in [0.5, 0.6) is 0 Å². The maximum Gasteiger partial charge on any atom is 0.138 e. The minimum atomic E-state index is 0.745. The Bertz CT molecular complexity index is 431. The standard InChI is InChI=1S/C11H11N3S/c12-9-4-1-2-5-10(9)15-8-11-13-6-3-7-14-11/h1-7H,8,12H2. The lowest BCUT2D eigenvalue weighted by atomic mass is 10.3. The normalized spacial score (nSPS) is 10.1. The lowest BCUT2D eigenvalue weighted by Gasteiger charge is -2.03. The molecule has 0 amide bonds. The molecule has 0 saturated heterocycles. The molecule has 1 aromatic heterocycles. The summed E-state index contributed by atoms with van der Waals surface area (Å²) in [5.41, 5.74) is 6.63. The molecule has 0 bridgehead atoms. The van der Waals surface area contributed by atoms with Crippen molar-refractivity contribution in [3.8, 4) is 0 Å². The number of hydrogen-bond acceptors (Lipinski definition) is 4. The van der Waals surface area contributed by atoms with Gasteiger partial charge in [0.15, 0.2) is 0 Å². The van der Waals surface area contributed by atoms with Crippen LogP contribution in [0.3, 0.4) is 0 Å². The third-order valence-electron chi connectivity index (χ3n) is 1.90. The Hall–Kier alpha value is -1.55. The van der Waals surface area contributed by atoms with Crippen LogP contribution in [0.4, 0.5) is 5.69 Å². The van der Waals surface area contributed by atoms with Crippen molar-refractivity contribution < 1.29 is 0 Å². The number of hydrogen-bond donors (Lipinski definition) is 1. The van der Waals surface area contributed by atoms with Crippen molar-refractivity contribution in [2.24, 2.45) is 0 Å². The molecular weight excluding hydrogens is 206 g/mol. The third kappa shape index (κ3) is 2.70. The minimum absolute atomic E-state index is 0.745. The molecule has 3 nitrogen and oxygen atoms in total. The summed E-state index contributed by atoms with van der Waals surface area (Å²) in [5.74, 6) is 1.57. The van der Waals surface area contributed by atoms with E-state index in [2.05, 4.69) is 9.97 Å². The number of thioether (sulfide) groups is 1. The van der Waals surface area contributed by atoms with Gasteiger partial charge in [-0.2, -0.15) is 0 Å². The van der Waals surface area contributed by atoms with Gasteiger partial charge >= 0.3 is 0 Å². The van der Waals surface area contributed by atoms with E-state index in [-0.39, 0.29) is 0 Å². The molecule has 76 valence electrons. The van der Waals surface area contributed by atoms with Crippen LogP contribution in [0.2, 0.25) is 0 Å². The zero-order valence-corrected chi connectivity index (χ0v) is 8.95. The molecule has 0 saturated carbocycles. The van der Waals surface area contributed by atoms with Crippen molar-refractivity contribution in [3.05, 3.63) is 48.5 Å². The average Bonchev–Trinajstić information content (AvgIpc) is 2.29. The molecule has 0 unspecified atom stereocenters. The van der Waals surface area contributed by atoms with Gasteiger partial charge < -0.3 is 5.73 Å². The first-order valence-corrected chi connectivity index (χ1v) is 5.58. The van der Waals surface area contributed by atoms with Gasteiger partial charge in [0, 0.05) is 23.0 Å². The Balaban J connectivity index is 2.03. The highest BCUT2D eigenvalue weighted by Gasteiger charge is 2.00. The van der Waals surface area contributed by atoms with E-state index < -0.39 is 0 Å². The van der Waals surface area contributed by atoms with E-state index in [1.165, 1.54) is 0 Å². The summed E-state index contributed by atoms with van der Waals surface area (Å²) >= 11 is 1.65. The summed E-state index contributed by atoms with van der Waals surface area (Å²) in [6.07, 6.45) is 3.49. The summed E-state index contributed by atoms with van der Waals surface area (Å²) in [4.78, 5) is 9.38. The van der Waals surface area contributed by atoms with Crippen molar-refractivity contribution in [1.82, 2.24) is 9.97 Å². The Labute approximate surface area is 92.8 Å². The molecule has 2 rings (SSSR count). The summed E-state index contributed by atoms with van der Waals surface area (Å²) in [7, 11) is 0. The van der Waals surface area contributed by atoms with Crippen LogP contribution < -0.4 is 5.73 Å². The van der Waals surface area contributed by atoms with Crippen LogP contribution in [-0.4, -0.2) is 9.97 Å². The fraction of sp³-hybridized carbons (Fsp3) is 0.0909. The Morgan fingerprint density at radius 1 is 1.07 bits per heavy atom. The number of rotatable bonds is 3. The smallest absolute Gasteiger partial charge is 0.138 e. The van der Waals surface area contributed by atoms with Gasteiger partial charge in [0.1, 0.15) is 5.82 Å². The predicted octanol–water partition coefficient (Wildman–Crippen LogP) is 2.35. The number of anilines is 1. The predicted molar refractivity (Wildman–Crippen MR) is 62.4 cm³/mol. The van der Waals surface area contributed by atoms with Gasteiger partial charge in [-0.05, 0) is 18.2 Å². The van der Waals surface area contributed by atoms with Crippen LogP contribution in [0.25, 0.3) is 0 Å². The molecule has 0 aliphatic heterocycles. The molecular formula is C11H11N3S. The molecule has 4 heteroatoms. The average molecular weight is 217 g/mol. The number of nitrogen functional groups attached to an aromatic ring is 1. The van der Waals surface area contributed by atoms with Crippen molar-refractivity contribution >= 4 is 17.4 Å². The second-order valence-electron chi connectivity index (χ2n) is 2.99. The van der Waals surface area contributed by atoms with Crippen molar-refractivity contribution in [2.75, 3.05) is 5.73 Å². The van der Waals surface area contributed by atoms with Gasteiger partial charge in [-0.15, -0.1) is 11.8 Å². The summed E-state index contributed by atoms with van der Waals surface area (Å²) in [6, 6.07) is 9.62. The molecule has 1 aromatic carbocycles. The van der Waals surface area contributed by atoms with E-state index in [0.717, 1.165) is 22.2 Å². The number of para-hydroxylation sites is 1. The second-order valence-corrected chi connectivity index (χ2v) is 4.01. The maximum atomic E-state index is 5.82. The van der Waals surface area contributed by atoms with Crippen LogP contribution in [0.1, 0.15) is 5.82 Å². The topological polar surface area (TPSA) is 51.8 Å². The Morgan fingerprint density at radius 2 is 1.80 bits per heavy atom. The summed E-state index contributed by atoms with van der Waals surface area (Å²) in [6.45, 7) is 0. The zero-order chi connectivity index (χ0) is 10.5. The number of benzene rings is 1. The number of aromatic nitrogens is 2. The first-order chi connectivity index (χ1) is 7.36. The lowest BCUT2D eigenvalue weighted by Crippen LogP contribution is -1.91. The van der Waals surface area contributed by atoms with Crippen molar-refractivity contribution in [1.29, 1.82) is 0 Å². The van der Waals surface area contributed by atoms with E-state index in [0.29, 0.717) is 0 Å². The molecule has 0 spiro atoms. The molecule has 0 radical (unpaired) electrons. The summed E-state index contributed by atoms with van der Waals surface area (Å²) in [5, 5.41) is 0. The highest BCUT2D eigenvalue weighted by molar-refractivity contribution is 7.98. The molecule has 0 aliphatic carbocycles. The Kier molecular flexibility index (Phi) is 3.19. The lowest BCUT2D eigenvalue weighted by molar-refractivity contribution is 1.03. The van der Waals surface area contributed by atoms with Crippen LogP contribution in [0, 0.1) is 0 Å². The largest absolute Gasteiger partial charge is 0.398 e. The van der Waals surface area contributed by atoms with Crippen LogP contribution in [-0.2, 0) is 5.75 Å². The highest BCUT2D eigenvalue weighted by atomic mass is 32.2. The minimum Gasteiger partial charge on any atom is -0.398 e. The number of nitrogens with zero attached hydrogens (tertiary/aromatic N) is 2. The molecule has 1 heterocycles. The van der Waals surface area contributed by atoms with Gasteiger partial charge in [0.25, 0.3) is 0 Å². The monoisotopic (exact) mass is 217 g/mol. The van der Waals surface area contributed by atoms with Crippen molar-refractivity contribution in [3.63, 3.8) is 0 Å². The van der Waals surface area contributed by atoms with E-state index in [9.17, 15) is 0 Å². The SMILES string of the molecule is Nc1ccccc1SCc1ncccn1. The summed E-state index contributed by atoms with van der Waals surface area (Å²) < 4.78 is 0. The molecule has 0 aliphatic rings. The molecule has 0 fully saturated rings. The van der Waals surface area contributed by atoms with E-state index in [1.54, 1.807) is 24.2 Å². The van der Waals surface area contributed by atoms with Gasteiger partial charge in [-0.1, -0.05) is 12.1 Å². The van der Waals surface area contributed by atoms with E-state index >= 15 is 0 Å². The van der Waals surface area contributed by atoms with Crippen LogP contribution in [0.15, 0.2) is 47.6 Å². The molecule has 2 N–H and O–H groups in total. The quantitative estimate of drug-likeness (QED) is 0.633. The fourth-order valence-corrected chi connectivity index (χ4v) is 2.00. The molecule has 2 aromatic rings. The second kappa shape index (κ2) is 4.79. The fourth-order valence-electron chi connectivity index (χ4n) is 1.16. The molecule has 0 atom stereocenters. The van der Waals surface area contributed by atoms with E-state index in [1.807, 2.05) is 30.3 Å². The highest BCUT2D eigenvalue weighted by Crippen LogP contribution is 2.26. The maximum absolute atomic E-state index is 5.82. The Morgan fingerprint density at radius 3 is 2.53 bits per heavy atom. The first kappa shape index (κ1) is 9.98. The molecule has 15 heavy (non-hydrogen) atoms. The van der Waals surface area contributed by atoms with Gasteiger partial charge in [-0.25, -0.2) is 9.97 Å². The van der Waals surface area contributed by atoms with Gasteiger partial charge in [0.05, 0.1) is 5.75 Å². The number of nitrogens with two attached hydrogens (primary N) is 1. The first-order valence-electron chi connectivity index (χ1n) is 4.59. The van der Waals surface area contributed by atoms with Gasteiger partial charge in [-0.3, -0.25) is 0 Å². The van der Waals surface area contributed by atoms with Gasteiger partial charge in [0.2, 0.25) is 0 Å².